The first-order valence-corrected chi connectivity index (χ1v) is 6.18. The first-order chi connectivity index (χ1) is 8.47. The topological polar surface area (TPSA) is 66.8 Å². The largest absolute Gasteiger partial charge is 0.466 e. The van der Waals surface area contributed by atoms with Crippen molar-refractivity contribution in [2.75, 3.05) is 6.61 Å². The van der Waals surface area contributed by atoms with Crippen molar-refractivity contribution in [2.45, 2.75) is 25.6 Å². The predicted octanol–water partition coefficient (Wildman–Crippen LogP) is 2.34. The lowest BCUT2D eigenvalue weighted by Gasteiger charge is -2.19. The van der Waals surface area contributed by atoms with Crippen LogP contribution in [-0.2, 0) is 9.53 Å². The van der Waals surface area contributed by atoms with Gasteiger partial charge in [0.05, 0.1) is 19.1 Å². The molecule has 0 aromatic heterocycles. The minimum atomic E-state index is -1.34. The van der Waals surface area contributed by atoms with Gasteiger partial charge in [-0.1, -0.05) is 29.3 Å². The van der Waals surface area contributed by atoms with E-state index in [0.29, 0.717) is 0 Å². The number of carbonyl (C=O) groups is 1. The lowest BCUT2D eigenvalue weighted by Crippen LogP contribution is -2.23. The Labute approximate surface area is 115 Å². The Morgan fingerprint density at radius 3 is 2.39 bits per heavy atom. The van der Waals surface area contributed by atoms with Crippen LogP contribution in [0.3, 0.4) is 0 Å². The zero-order chi connectivity index (χ0) is 13.7. The molecule has 6 heteroatoms. The van der Waals surface area contributed by atoms with Gasteiger partial charge in [0.1, 0.15) is 6.10 Å². The number of benzene rings is 1. The van der Waals surface area contributed by atoms with Gasteiger partial charge in [0.25, 0.3) is 0 Å². The fourth-order valence-electron chi connectivity index (χ4n) is 1.49. The summed E-state index contributed by atoms with van der Waals surface area (Å²) in [5.74, 6) is -0.591. The number of aliphatic hydroxyl groups excluding tert-OH is 2. The fraction of sp³-hybridized carbons (Fsp3) is 0.417. The summed E-state index contributed by atoms with van der Waals surface area (Å²) < 4.78 is 4.68. The third-order valence-electron chi connectivity index (χ3n) is 2.34. The molecule has 18 heavy (non-hydrogen) atoms. The van der Waals surface area contributed by atoms with Crippen LogP contribution in [0.15, 0.2) is 18.2 Å². The molecule has 0 heterocycles. The molecule has 0 bridgehead atoms. The molecule has 0 spiro atoms. The van der Waals surface area contributed by atoms with Crippen LogP contribution < -0.4 is 0 Å². The van der Waals surface area contributed by atoms with E-state index >= 15 is 0 Å². The van der Waals surface area contributed by atoms with E-state index in [4.69, 9.17) is 23.2 Å². The molecular weight excluding hydrogens is 279 g/mol. The summed E-state index contributed by atoms with van der Waals surface area (Å²) in [7, 11) is 0. The molecular formula is C12H14Cl2O4. The quantitative estimate of drug-likeness (QED) is 0.818. The second kappa shape index (κ2) is 6.95. The minimum absolute atomic E-state index is 0.206. The van der Waals surface area contributed by atoms with Gasteiger partial charge in [-0.3, -0.25) is 4.79 Å². The maximum Gasteiger partial charge on any atom is 0.308 e. The summed E-state index contributed by atoms with van der Waals surface area (Å²) >= 11 is 11.8. The highest BCUT2D eigenvalue weighted by atomic mass is 35.5. The molecule has 2 N–H and O–H groups in total. The van der Waals surface area contributed by atoms with Gasteiger partial charge >= 0.3 is 5.97 Å². The van der Waals surface area contributed by atoms with Gasteiger partial charge in [-0.25, -0.2) is 0 Å². The summed E-state index contributed by atoms with van der Waals surface area (Å²) in [4.78, 5) is 11.2. The molecule has 0 aliphatic rings. The van der Waals surface area contributed by atoms with Gasteiger partial charge in [-0.2, -0.15) is 0 Å². The third kappa shape index (κ3) is 3.85. The van der Waals surface area contributed by atoms with Crippen molar-refractivity contribution >= 4 is 29.2 Å². The first-order valence-electron chi connectivity index (χ1n) is 5.43. The van der Waals surface area contributed by atoms with E-state index < -0.39 is 18.2 Å². The fourth-order valence-corrected chi connectivity index (χ4v) is 2.11. The Morgan fingerprint density at radius 1 is 1.33 bits per heavy atom. The van der Waals surface area contributed by atoms with Crippen molar-refractivity contribution in [3.63, 3.8) is 0 Å². The Bertz CT molecular complexity index is 402. The monoisotopic (exact) mass is 292 g/mol. The van der Waals surface area contributed by atoms with E-state index in [0.717, 1.165) is 0 Å². The van der Waals surface area contributed by atoms with E-state index in [9.17, 15) is 15.0 Å². The third-order valence-corrected chi connectivity index (χ3v) is 3.00. The van der Waals surface area contributed by atoms with Crippen LogP contribution in [0.2, 0.25) is 10.0 Å². The average Bonchev–Trinajstić information content (AvgIpc) is 2.28. The molecule has 2 unspecified atom stereocenters. The highest BCUT2D eigenvalue weighted by Crippen LogP contribution is 2.32. The van der Waals surface area contributed by atoms with E-state index in [1.54, 1.807) is 25.1 Å². The molecule has 1 aromatic rings. The molecule has 0 amide bonds. The molecule has 100 valence electrons. The minimum Gasteiger partial charge on any atom is -0.466 e. The Balaban J connectivity index is 2.80. The number of hydrogen-bond acceptors (Lipinski definition) is 4. The highest BCUT2D eigenvalue weighted by Gasteiger charge is 2.25. The summed E-state index contributed by atoms with van der Waals surface area (Å²) in [5, 5.41) is 20.2. The standard InChI is InChI=1S/C12H14Cl2O4/c1-2-18-10(16)6-9(15)12(17)11-7(13)4-3-5-8(11)14/h3-5,9,12,15,17H,2,6H2,1H3. The Morgan fingerprint density at radius 2 is 1.89 bits per heavy atom. The summed E-state index contributed by atoms with van der Waals surface area (Å²) in [6.45, 7) is 1.88. The van der Waals surface area contributed by atoms with Crippen molar-refractivity contribution in [1.29, 1.82) is 0 Å². The summed E-state index contributed by atoms with van der Waals surface area (Å²) in [5.41, 5.74) is 0.206. The maximum atomic E-state index is 11.2. The van der Waals surface area contributed by atoms with Crippen molar-refractivity contribution in [2.24, 2.45) is 0 Å². The van der Waals surface area contributed by atoms with Gasteiger partial charge in [-0.15, -0.1) is 0 Å². The van der Waals surface area contributed by atoms with E-state index in [-0.39, 0.29) is 28.6 Å². The van der Waals surface area contributed by atoms with E-state index in [2.05, 4.69) is 4.74 Å². The van der Waals surface area contributed by atoms with Gasteiger partial charge in [-0.05, 0) is 19.1 Å². The van der Waals surface area contributed by atoms with Crippen LogP contribution in [0, 0.1) is 0 Å². The lowest BCUT2D eigenvalue weighted by molar-refractivity contribution is -0.147. The van der Waals surface area contributed by atoms with Crippen LogP contribution in [0.1, 0.15) is 25.0 Å². The molecule has 2 atom stereocenters. The zero-order valence-electron chi connectivity index (χ0n) is 9.77. The molecule has 4 nitrogen and oxygen atoms in total. The zero-order valence-corrected chi connectivity index (χ0v) is 11.3. The molecule has 0 saturated heterocycles. The van der Waals surface area contributed by atoms with Gasteiger partial charge in [0.15, 0.2) is 0 Å². The van der Waals surface area contributed by atoms with Crippen molar-refractivity contribution in [3.8, 4) is 0 Å². The second-order valence-corrected chi connectivity index (χ2v) is 4.47. The molecule has 0 fully saturated rings. The van der Waals surface area contributed by atoms with Crippen molar-refractivity contribution in [1.82, 2.24) is 0 Å². The smallest absolute Gasteiger partial charge is 0.308 e. The Kier molecular flexibility index (Phi) is 5.88. The average molecular weight is 293 g/mol. The Hall–Kier alpha value is -0.810. The summed E-state index contributed by atoms with van der Waals surface area (Å²) in [6, 6.07) is 4.71. The molecule has 1 rings (SSSR count). The lowest BCUT2D eigenvalue weighted by atomic mass is 10.0. The maximum absolute atomic E-state index is 11.2. The summed E-state index contributed by atoms with van der Waals surface area (Å²) in [6.07, 6.45) is -2.98. The van der Waals surface area contributed by atoms with Crippen LogP contribution in [-0.4, -0.2) is 28.9 Å². The number of carbonyl (C=O) groups excluding carboxylic acids is 1. The van der Waals surface area contributed by atoms with Gasteiger partial charge < -0.3 is 14.9 Å². The van der Waals surface area contributed by atoms with Crippen molar-refractivity contribution in [3.05, 3.63) is 33.8 Å². The highest BCUT2D eigenvalue weighted by molar-refractivity contribution is 6.36. The van der Waals surface area contributed by atoms with Gasteiger partial charge in [0.2, 0.25) is 0 Å². The van der Waals surface area contributed by atoms with E-state index in [1.807, 2.05) is 0 Å². The molecule has 0 aliphatic heterocycles. The SMILES string of the molecule is CCOC(=O)CC(O)C(O)c1c(Cl)cccc1Cl. The van der Waals surface area contributed by atoms with Crippen molar-refractivity contribution < 1.29 is 19.7 Å². The molecule has 0 radical (unpaired) electrons. The molecule has 1 aromatic carbocycles. The number of rotatable bonds is 5. The molecule has 0 saturated carbocycles. The predicted molar refractivity (Wildman–Crippen MR) is 68.7 cm³/mol. The normalized spacial score (nSPS) is 14.1. The number of esters is 1. The first kappa shape index (κ1) is 15.2. The number of hydrogen-bond donors (Lipinski definition) is 2. The van der Waals surface area contributed by atoms with Crippen LogP contribution in [0.25, 0.3) is 0 Å². The van der Waals surface area contributed by atoms with Gasteiger partial charge in [0, 0.05) is 15.6 Å². The number of aliphatic hydroxyl groups is 2. The molecule has 0 aliphatic carbocycles. The number of ether oxygens (including phenoxy) is 1. The van der Waals surface area contributed by atoms with Crippen LogP contribution >= 0.6 is 23.2 Å². The van der Waals surface area contributed by atoms with Crippen LogP contribution in [0.5, 0.6) is 0 Å². The number of halogens is 2. The second-order valence-electron chi connectivity index (χ2n) is 3.66. The van der Waals surface area contributed by atoms with Crippen LogP contribution in [0.4, 0.5) is 0 Å². The van der Waals surface area contributed by atoms with E-state index in [1.165, 1.54) is 0 Å².